The molecule has 10 rings (SSSR count). The van der Waals surface area contributed by atoms with Gasteiger partial charge in [-0.1, -0.05) is 58.0 Å². The number of hydrogen-bond donors (Lipinski definition) is 5. The van der Waals surface area contributed by atoms with Crippen LogP contribution in [0.3, 0.4) is 0 Å². The Morgan fingerprint density at radius 1 is 0.778 bits per heavy atom. The Hall–Kier alpha value is -6.98. The molecule has 2 bridgehead atoms. The van der Waals surface area contributed by atoms with Gasteiger partial charge in [-0.05, 0) is 136 Å². The summed E-state index contributed by atoms with van der Waals surface area (Å²) in [5, 5.41) is 14.6. The number of imidazole rings is 2. The number of methoxy groups -OCH3 is 1. The standard InChI is InChI=1S/C48H52F2N8O6.2C3H6O/c1-23(2)38(56-46(63)64-5)43(59)57-22-47(14-15-47)20-37(57)41-51-21-36(54-41)27-8-12-31-30-11-7-25(17-32(30)48(49,50)33(31)18-27)26-9-13-34-35(19-26)53-42(52-34)40-28-6-10-29(16-28)58(40)44(60)39(24(3)4)55-45(61)62;2*1-3(2)4/h7-9,11-13,17-19,21,23-24,28-29,37-40,55H,6,10,14-16,20,22H2,1-5H3,(H,51,54)(H,52,53)(H,56,63)(H,61,62);2*1-2H3. The van der Waals surface area contributed by atoms with E-state index in [1.807, 2.05) is 62.9 Å². The number of carboxylic acid groups (broad SMARTS) is 1. The molecule has 6 atom stereocenters. The van der Waals surface area contributed by atoms with Gasteiger partial charge >= 0.3 is 12.2 Å². The second kappa shape index (κ2) is 19.9. The third kappa shape index (κ3) is 10.1. The van der Waals surface area contributed by atoms with Crippen molar-refractivity contribution in [3.05, 3.63) is 83.6 Å². The van der Waals surface area contributed by atoms with Crippen LogP contribution < -0.4 is 10.6 Å². The number of carbonyl (C=O) groups is 6. The second-order valence-electron chi connectivity index (χ2n) is 21.1. The summed E-state index contributed by atoms with van der Waals surface area (Å²) in [7, 11) is 1.26. The monoisotopic (exact) mass is 990 g/mol. The van der Waals surface area contributed by atoms with E-state index in [1.54, 1.807) is 29.3 Å². The predicted molar refractivity (Wildman–Crippen MR) is 266 cm³/mol. The van der Waals surface area contributed by atoms with Crippen LogP contribution in [0.15, 0.2) is 60.8 Å². The molecule has 72 heavy (non-hydrogen) atoms. The van der Waals surface area contributed by atoms with E-state index in [-0.39, 0.29) is 75.8 Å². The van der Waals surface area contributed by atoms with E-state index >= 15 is 8.78 Å². The van der Waals surface area contributed by atoms with E-state index < -0.39 is 30.2 Å². The van der Waals surface area contributed by atoms with Gasteiger partial charge in [0.1, 0.15) is 35.3 Å². The molecule has 5 aliphatic rings. The average Bonchev–Trinajstić information content (AvgIpc) is 3.98. The molecular formula is C54H64F2N8O8. The molecule has 2 saturated carbocycles. The largest absolute Gasteiger partial charge is 0.465 e. The first-order chi connectivity index (χ1) is 34.0. The average molecular weight is 991 g/mol. The van der Waals surface area contributed by atoms with Crippen molar-refractivity contribution in [2.75, 3.05) is 13.7 Å². The summed E-state index contributed by atoms with van der Waals surface area (Å²) in [4.78, 5) is 90.5. The molecule has 2 aromatic heterocycles. The third-order valence-corrected chi connectivity index (χ3v) is 14.5. The second-order valence-corrected chi connectivity index (χ2v) is 21.1. The van der Waals surface area contributed by atoms with Crippen LogP contribution in [-0.4, -0.2) is 102 Å². The summed E-state index contributed by atoms with van der Waals surface area (Å²) < 4.78 is 38.1. The molecule has 16 nitrogen and oxygen atoms in total. The number of halogens is 2. The number of amides is 4. The molecule has 382 valence electrons. The molecular weight excluding hydrogens is 927 g/mol. The van der Waals surface area contributed by atoms with Crippen LogP contribution in [-0.2, 0) is 29.8 Å². The van der Waals surface area contributed by atoms with Gasteiger partial charge in [0.05, 0.1) is 42.1 Å². The van der Waals surface area contributed by atoms with E-state index in [9.17, 15) is 33.9 Å². The number of Topliss-reactive ketones (excluding diaryl/α,β-unsaturated/α-hetero) is 2. The van der Waals surface area contributed by atoms with E-state index in [1.165, 1.54) is 40.9 Å². The number of aromatic nitrogens is 4. The molecule has 18 heteroatoms. The molecule has 3 aliphatic carbocycles. The van der Waals surface area contributed by atoms with Gasteiger partial charge in [0.2, 0.25) is 11.8 Å². The zero-order valence-corrected chi connectivity index (χ0v) is 42.2. The van der Waals surface area contributed by atoms with Crippen molar-refractivity contribution in [2.24, 2.45) is 23.2 Å². The minimum Gasteiger partial charge on any atom is -0.465 e. The molecule has 4 heterocycles. The Balaban J connectivity index is 0.000000809. The lowest BCUT2D eigenvalue weighted by Gasteiger charge is -2.37. The summed E-state index contributed by atoms with van der Waals surface area (Å²) in [6, 6.07) is 13.5. The highest BCUT2D eigenvalue weighted by Gasteiger charge is 2.56. The number of alkyl halides is 2. The maximum absolute atomic E-state index is 16.6. The summed E-state index contributed by atoms with van der Waals surface area (Å²) in [5.74, 6) is -2.45. The minimum absolute atomic E-state index is 0.00484. The molecule has 1 spiro atoms. The quantitative estimate of drug-likeness (QED) is 0.0892. The van der Waals surface area contributed by atoms with E-state index in [4.69, 9.17) is 14.7 Å². The number of aromatic amines is 2. The normalized spacial score (nSPS) is 21.3. The number of hydrogen-bond acceptors (Lipinski definition) is 9. The van der Waals surface area contributed by atoms with Crippen LogP contribution in [0.4, 0.5) is 18.4 Å². The predicted octanol–water partition coefficient (Wildman–Crippen LogP) is 9.71. The third-order valence-electron chi connectivity index (χ3n) is 14.5. The van der Waals surface area contributed by atoms with Gasteiger partial charge < -0.3 is 49.8 Å². The van der Waals surface area contributed by atoms with Crippen molar-refractivity contribution < 1.29 is 47.4 Å². The smallest absolute Gasteiger partial charge is 0.407 e. The molecule has 2 saturated heterocycles. The number of ketones is 2. The van der Waals surface area contributed by atoms with Crippen LogP contribution in [0, 0.1) is 23.2 Å². The lowest BCUT2D eigenvalue weighted by Crippen LogP contribution is -2.53. The SMILES string of the molecule is CC(C)=O.CC(C)=O.COC(=O)NC(C(=O)N1CC2(CC2)CC1c1ncc(-c2ccc3c(c2)C(F)(F)c2cc(-c4ccc5nc(C6C7CCC(C7)N6C(=O)C(NC(=O)O)C(C)C)[nH]c5c4)ccc2-3)[nH]1)C(C)C. The van der Waals surface area contributed by atoms with E-state index in [0.29, 0.717) is 57.2 Å². The fraction of sp³-hybridized carbons (Fsp3) is 0.481. The summed E-state index contributed by atoms with van der Waals surface area (Å²) in [6.07, 6.45) is 5.05. The van der Waals surface area contributed by atoms with Crippen LogP contribution in [0.2, 0.25) is 0 Å². The summed E-state index contributed by atoms with van der Waals surface area (Å²) in [6.45, 7) is 14.0. The lowest BCUT2D eigenvalue weighted by molar-refractivity contribution is -0.139. The molecule has 5 N–H and O–H groups in total. The van der Waals surface area contributed by atoms with Crippen LogP contribution >= 0.6 is 0 Å². The van der Waals surface area contributed by atoms with Crippen molar-refractivity contribution in [3.63, 3.8) is 0 Å². The molecule has 6 unspecified atom stereocenters. The number of benzene rings is 3. The Bertz CT molecular complexity index is 2920. The van der Waals surface area contributed by atoms with Crippen LogP contribution in [0.25, 0.3) is 44.5 Å². The van der Waals surface area contributed by atoms with E-state index in [2.05, 4.69) is 20.6 Å². The van der Waals surface area contributed by atoms with Crippen molar-refractivity contribution >= 4 is 46.6 Å². The summed E-state index contributed by atoms with van der Waals surface area (Å²) >= 11 is 0. The Morgan fingerprint density at radius 2 is 1.36 bits per heavy atom. The molecule has 4 fully saturated rings. The minimum atomic E-state index is -3.29. The van der Waals surface area contributed by atoms with Gasteiger partial charge in [-0.3, -0.25) is 9.59 Å². The summed E-state index contributed by atoms with van der Waals surface area (Å²) in [5.41, 5.74) is 4.56. The maximum atomic E-state index is 16.6. The Morgan fingerprint density at radius 3 is 1.96 bits per heavy atom. The van der Waals surface area contributed by atoms with Crippen molar-refractivity contribution in [3.8, 4) is 33.5 Å². The first kappa shape index (κ1) is 51.4. The molecule has 4 amide bonds. The maximum Gasteiger partial charge on any atom is 0.407 e. The first-order valence-electron chi connectivity index (χ1n) is 24.7. The first-order valence-corrected chi connectivity index (χ1v) is 24.7. The number of rotatable bonds is 10. The fourth-order valence-corrected chi connectivity index (χ4v) is 11.0. The highest BCUT2D eigenvalue weighted by molar-refractivity contribution is 5.89. The number of fused-ring (bicyclic) bond motifs is 6. The highest BCUT2D eigenvalue weighted by atomic mass is 19.3. The number of nitrogens with one attached hydrogen (secondary N) is 4. The number of alkyl carbamates (subject to hydrolysis) is 1. The van der Waals surface area contributed by atoms with E-state index in [0.717, 1.165) is 44.1 Å². The van der Waals surface area contributed by atoms with Gasteiger partial charge in [0.25, 0.3) is 5.92 Å². The van der Waals surface area contributed by atoms with Gasteiger partial charge in [-0.25, -0.2) is 19.6 Å². The molecule has 5 aromatic rings. The van der Waals surface area contributed by atoms with Crippen LogP contribution in [0.5, 0.6) is 0 Å². The number of nitrogens with zero attached hydrogens (tertiary/aromatic N) is 4. The zero-order valence-electron chi connectivity index (χ0n) is 42.2. The Labute approximate surface area is 417 Å². The number of likely N-dealkylation sites (tertiary alicyclic amines) is 2. The lowest BCUT2D eigenvalue weighted by atomic mass is 9.95. The number of carbonyl (C=O) groups excluding carboxylic acids is 5. The number of H-pyrrole nitrogens is 2. The van der Waals surface area contributed by atoms with Gasteiger partial charge in [0.15, 0.2) is 0 Å². The van der Waals surface area contributed by atoms with Crippen molar-refractivity contribution in [1.82, 2.24) is 40.4 Å². The topological polar surface area (TPSA) is 220 Å². The molecule has 0 radical (unpaired) electrons. The molecule has 2 aliphatic heterocycles. The highest BCUT2D eigenvalue weighted by Crippen LogP contribution is 2.59. The van der Waals surface area contributed by atoms with Gasteiger partial charge in [0, 0.05) is 29.3 Å². The van der Waals surface area contributed by atoms with Gasteiger partial charge in [-0.2, -0.15) is 8.78 Å². The van der Waals surface area contributed by atoms with Crippen molar-refractivity contribution in [2.45, 2.75) is 130 Å². The Kier molecular flexibility index (Phi) is 14.2. The van der Waals surface area contributed by atoms with Crippen LogP contribution in [0.1, 0.15) is 129 Å². The fourth-order valence-electron chi connectivity index (χ4n) is 11.0. The van der Waals surface area contributed by atoms with Gasteiger partial charge in [-0.15, -0.1) is 0 Å². The number of ether oxygens (including phenoxy) is 1. The van der Waals surface area contributed by atoms with Crippen molar-refractivity contribution in [1.29, 1.82) is 0 Å². The molecule has 3 aromatic carbocycles. The zero-order chi connectivity index (χ0) is 52.1. The number of piperidine rings is 1.